The molecule has 0 amide bonds. The Hall–Kier alpha value is -0.160. The van der Waals surface area contributed by atoms with Crippen molar-refractivity contribution in [2.24, 2.45) is 53.3 Å². The fourth-order valence-electron chi connectivity index (χ4n) is 12.6. The lowest BCUT2D eigenvalue weighted by atomic mass is 9.71. The highest BCUT2D eigenvalue weighted by atomic mass is 35.5. The molecule has 47 heavy (non-hydrogen) atoms. The number of hydrogen-bond donors (Lipinski definition) is 9. The van der Waals surface area contributed by atoms with Crippen molar-refractivity contribution in [3.05, 3.63) is 0 Å². The molecule has 14 heteroatoms. The summed E-state index contributed by atoms with van der Waals surface area (Å²) in [5.41, 5.74) is -1.11. The van der Waals surface area contributed by atoms with Crippen LogP contribution in [0.15, 0.2) is 0 Å². The molecule has 5 aliphatic heterocycles. The van der Waals surface area contributed by atoms with Crippen LogP contribution in [0.1, 0.15) is 96.3 Å². The van der Waals surface area contributed by atoms with E-state index in [0.717, 1.165) is 19.3 Å². The van der Waals surface area contributed by atoms with Crippen LogP contribution in [0.4, 0.5) is 0 Å². The highest BCUT2D eigenvalue weighted by Crippen LogP contribution is 2.48. The fourth-order valence-corrected chi connectivity index (χ4v) is 13.5. The number of rotatable bonds is 3. The highest BCUT2D eigenvalue weighted by molar-refractivity contribution is 7.81. The topological polar surface area (TPSA) is 160 Å². The van der Waals surface area contributed by atoms with Crippen LogP contribution >= 0.6 is 11.6 Å². The molecule has 9 fully saturated rings. The SMILES string of the molecule is O=S(=O)(O)OC(Cl)C1CCCC2C3NC4NC(NC5NC(NC6NC(NC(N3)C21)C1CCCCC61)C1CCCCC51)C1CCCCC41. The highest BCUT2D eigenvalue weighted by Gasteiger charge is 2.56. The van der Waals surface area contributed by atoms with Crippen LogP contribution in [-0.2, 0) is 14.6 Å². The van der Waals surface area contributed by atoms with Gasteiger partial charge in [-0.3, -0.25) is 47.1 Å². The van der Waals surface area contributed by atoms with E-state index < -0.39 is 16.0 Å². The quantitative estimate of drug-likeness (QED) is 0.157. The molecule has 5 saturated heterocycles. The van der Waals surface area contributed by atoms with Crippen molar-refractivity contribution in [1.82, 2.24) is 42.5 Å². The first-order valence-electron chi connectivity index (χ1n) is 19.2. The zero-order valence-corrected chi connectivity index (χ0v) is 29.0. The Kier molecular flexibility index (Phi) is 9.13. The van der Waals surface area contributed by atoms with Crippen LogP contribution in [0, 0.1) is 53.3 Å². The Bertz CT molecular complexity index is 1250. The lowest BCUT2D eigenvalue weighted by Gasteiger charge is -2.40. The van der Waals surface area contributed by atoms with Gasteiger partial charge in [0, 0.05) is 5.92 Å². The van der Waals surface area contributed by atoms with Crippen LogP contribution in [0.5, 0.6) is 0 Å². The van der Waals surface area contributed by atoms with Crippen molar-refractivity contribution >= 4 is 22.0 Å². The largest absolute Gasteiger partial charge is 0.398 e. The first-order chi connectivity index (χ1) is 22.8. The minimum absolute atomic E-state index is 0.0511. The van der Waals surface area contributed by atoms with Crippen LogP contribution in [-0.4, -0.2) is 67.9 Å². The fraction of sp³-hybridized carbons (Fsp3) is 1.00. The van der Waals surface area contributed by atoms with E-state index in [1.807, 2.05) is 0 Å². The second-order valence-corrected chi connectivity index (χ2v) is 18.2. The third kappa shape index (κ3) is 6.13. The zero-order valence-electron chi connectivity index (χ0n) is 27.5. The second-order valence-electron chi connectivity index (χ2n) is 16.7. The normalized spacial score (nSPS) is 53.4. The molecule has 4 aliphatic carbocycles. The minimum atomic E-state index is -4.66. The van der Waals surface area contributed by atoms with E-state index >= 15 is 0 Å². The first-order valence-corrected chi connectivity index (χ1v) is 21.0. The van der Waals surface area contributed by atoms with Gasteiger partial charge in [-0.1, -0.05) is 56.5 Å². The zero-order chi connectivity index (χ0) is 31.9. The monoisotopic (exact) mass is 696 g/mol. The van der Waals surface area contributed by atoms with Gasteiger partial charge in [-0.15, -0.1) is 0 Å². The molecule has 0 aromatic heterocycles. The molecule has 0 radical (unpaired) electrons. The van der Waals surface area contributed by atoms with E-state index in [1.165, 1.54) is 77.0 Å². The van der Waals surface area contributed by atoms with Crippen molar-refractivity contribution < 1.29 is 17.2 Å². The van der Waals surface area contributed by atoms with Gasteiger partial charge < -0.3 is 0 Å². The molecule has 0 aromatic carbocycles. The van der Waals surface area contributed by atoms with Crippen molar-refractivity contribution in [3.8, 4) is 0 Å². The van der Waals surface area contributed by atoms with E-state index in [4.69, 9.17) is 15.8 Å². The number of fused-ring (bicyclic) bond motifs is 20. The predicted octanol–water partition coefficient (Wildman–Crippen LogP) is 2.22. The average molecular weight is 697 g/mol. The maximum atomic E-state index is 11.8. The summed E-state index contributed by atoms with van der Waals surface area (Å²) in [4.78, 5) is 0. The van der Waals surface area contributed by atoms with Crippen LogP contribution in [0.2, 0.25) is 0 Å². The van der Waals surface area contributed by atoms with Crippen molar-refractivity contribution in [1.29, 1.82) is 0 Å². The van der Waals surface area contributed by atoms with Crippen LogP contribution in [0.25, 0.3) is 0 Å². The smallest absolute Gasteiger partial charge is 0.286 e. The third-order valence-electron chi connectivity index (χ3n) is 14.5. The summed E-state index contributed by atoms with van der Waals surface area (Å²) < 4.78 is 38.2. The lowest BCUT2D eigenvalue weighted by molar-refractivity contribution is 0.0641. The second kappa shape index (κ2) is 13.1. The summed E-state index contributed by atoms with van der Waals surface area (Å²) in [5.74, 6) is 3.60. The van der Waals surface area contributed by atoms with Gasteiger partial charge in [0.2, 0.25) is 0 Å². The molecule has 0 aromatic rings. The number of hydrogen-bond acceptors (Lipinski definition) is 11. The summed E-state index contributed by atoms with van der Waals surface area (Å²) in [6.07, 6.45) is 19.4. The molecule has 9 N–H and O–H groups in total. The van der Waals surface area contributed by atoms with Crippen LogP contribution in [0.3, 0.4) is 0 Å². The van der Waals surface area contributed by atoms with Crippen molar-refractivity contribution in [2.75, 3.05) is 0 Å². The molecular formula is C33H57ClN8O4S. The van der Waals surface area contributed by atoms with Gasteiger partial charge in [0.05, 0.1) is 49.3 Å². The standard InChI is InChI=1S/C33H57ClN8O4S/c34-25(46-47(43,44)45)22-14-7-15-23-24(22)33-41-31-21-13-6-5-12-20(21)29(39-31)37-27-17-9-2-1-8-16(17)26(35-27)36-28-18-10-3-4-11-19(18)30(38-28)40-32(23)42-33/h16-33,35-42H,1-15H2,(H,43,44,45). The molecule has 9 aliphatic rings. The van der Waals surface area contributed by atoms with Gasteiger partial charge in [-0.2, -0.15) is 8.42 Å². The number of alkyl halides is 1. The Morgan fingerprint density at radius 3 is 1.11 bits per heavy atom. The van der Waals surface area contributed by atoms with Gasteiger partial charge in [0.1, 0.15) is 0 Å². The van der Waals surface area contributed by atoms with E-state index in [9.17, 15) is 13.0 Å². The van der Waals surface area contributed by atoms with Crippen molar-refractivity contribution in [2.45, 2.75) is 151 Å². The van der Waals surface area contributed by atoms with Gasteiger partial charge in [0.15, 0.2) is 5.56 Å². The molecule has 5 heterocycles. The summed E-state index contributed by atoms with van der Waals surface area (Å²) in [6, 6.07) is 0. The third-order valence-corrected chi connectivity index (χ3v) is 15.5. The Morgan fingerprint density at radius 1 is 0.468 bits per heavy atom. The number of nitrogens with one attached hydrogen (secondary N) is 8. The summed E-state index contributed by atoms with van der Waals surface area (Å²) in [7, 11) is -4.66. The Morgan fingerprint density at radius 2 is 0.766 bits per heavy atom. The lowest BCUT2D eigenvalue weighted by Crippen LogP contribution is -2.62. The first kappa shape index (κ1) is 32.7. The molecular weight excluding hydrogens is 640 g/mol. The Balaban J connectivity index is 1.06. The van der Waals surface area contributed by atoms with Gasteiger partial charge in [0.25, 0.3) is 0 Å². The molecule has 0 spiro atoms. The Labute approximate surface area is 285 Å². The molecule has 12 nitrogen and oxygen atoms in total. The van der Waals surface area contributed by atoms with E-state index in [1.54, 1.807) is 0 Å². The average Bonchev–Trinajstić information content (AvgIpc) is 3.79. The van der Waals surface area contributed by atoms with Gasteiger partial charge in [-0.25, -0.2) is 4.18 Å². The van der Waals surface area contributed by atoms with Crippen LogP contribution < -0.4 is 42.5 Å². The number of halogens is 1. The molecule has 18 unspecified atom stereocenters. The molecule has 4 saturated carbocycles. The van der Waals surface area contributed by atoms with E-state index in [-0.39, 0.29) is 60.9 Å². The summed E-state index contributed by atoms with van der Waals surface area (Å²) in [6.45, 7) is 0. The van der Waals surface area contributed by atoms with Gasteiger partial charge >= 0.3 is 10.4 Å². The summed E-state index contributed by atoms with van der Waals surface area (Å²) in [5, 5.41) is 32.9. The van der Waals surface area contributed by atoms with Gasteiger partial charge in [-0.05, 0) is 98.7 Å². The summed E-state index contributed by atoms with van der Waals surface area (Å²) >= 11 is 6.72. The van der Waals surface area contributed by atoms with E-state index in [0.29, 0.717) is 41.7 Å². The van der Waals surface area contributed by atoms with Crippen molar-refractivity contribution in [3.63, 3.8) is 0 Å². The molecule has 18 atom stereocenters. The molecule has 9 rings (SSSR count). The minimum Gasteiger partial charge on any atom is -0.286 e. The molecule has 8 bridgehead atoms. The maximum absolute atomic E-state index is 11.8. The predicted molar refractivity (Wildman–Crippen MR) is 178 cm³/mol. The van der Waals surface area contributed by atoms with E-state index in [2.05, 4.69) is 42.5 Å². The molecule has 266 valence electrons. The maximum Gasteiger partial charge on any atom is 0.398 e.